The first kappa shape index (κ1) is 12.5. The monoisotopic (exact) mass is 248 g/mol. The maximum Gasteiger partial charge on any atom is 0.122 e. The quantitative estimate of drug-likeness (QED) is 0.466. The second-order valence-electron chi connectivity index (χ2n) is 3.98. The normalized spacial score (nSPS) is 15.1. The van der Waals surface area contributed by atoms with Crippen LogP contribution in [0, 0.1) is 0 Å². The average molecular weight is 248 g/mol. The number of ether oxygens (including phenoxy) is 2. The Hall–Kier alpha value is -1.91. The van der Waals surface area contributed by atoms with Crippen molar-refractivity contribution < 1.29 is 9.47 Å². The summed E-state index contributed by atoms with van der Waals surface area (Å²) in [4.78, 5) is 5.04. The lowest BCUT2D eigenvalue weighted by Crippen LogP contribution is -2.36. The summed E-state index contributed by atoms with van der Waals surface area (Å²) in [6.07, 6.45) is 0. The van der Waals surface area contributed by atoms with E-state index in [1.807, 2.05) is 18.2 Å². The molecule has 1 fully saturated rings. The number of benzene rings is 1. The van der Waals surface area contributed by atoms with Crippen molar-refractivity contribution in [3.8, 4) is 5.75 Å². The Bertz CT molecular complexity index is 451. The molecule has 0 amide bonds. The zero-order chi connectivity index (χ0) is 12.8. The van der Waals surface area contributed by atoms with Crippen LogP contribution in [0.15, 0.2) is 23.3 Å². The van der Waals surface area contributed by atoms with E-state index in [9.17, 15) is 0 Å². The Kier molecular flexibility index (Phi) is 4.28. The third-order valence-electron chi connectivity index (χ3n) is 2.94. The molecule has 18 heavy (non-hydrogen) atoms. The van der Waals surface area contributed by atoms with E-state index in [1.54, 1.807) is 7.11 Å². The van der Waals surface area contributed by atoms with Crippen LogP contribution < -0.4 is 9.64 Å². The average Bonchev–Trinajstić information content (AvgIpc) is 2.45. The molecular formula is C12H16N4O2. The molecule has 0 unspecified atom stereocenters. The maximum absolute atomic E-state index is 8.40. The Morgan fingerprint density at radius 2 is 2.22 bits per heavy atom. The molecule has 0 aromatic heterocycles. The summed E-state index contributed by atoms with van der Waals surface area (Å²) in [5.74, 6) is 0.749. The van der Waals surface area contributed by atoms with Crippen LogP contribution >= 0.6 is 0 Å². The first-order valence-electron chi connectivity index (χ1n) is 5.85. The minimum atomic E-state index is 0.303. The molecule has 0 spiro atoms. The molecule has 1 aromatic rings. The number of anilines is 1. The van der Waals surface area contributed by atoms with Gasteiger partial charge in [-0.2, -0.15) is 0 Å². The smallest absolute Gasteiger partial charge is 0.122 e. The van der Waals surface area contributed by atoms with E-state index in [1.165, 1.54) is 0 Å². The first-order chi connectivity index (χ1) is 8.85. The van der Waals surface area contributed by atoms with Crippen molar-refractivity contribution in [3.05, 3.63) is 34.2 Å². The molecular weight excluding hydrogens is 232 g/mol. The van der Waals surface area contributed by atoms with Crippen molar-refractivity contribution in [2.75, 3.05) is 38.3 Å². The molecule has 0 saturated carbocycles. The van der Waals surface area contributed by atoms with Gasteiger partial charge >= 0.3 is 0 Å². The summed E-state index contributed by atoms with van der Waals surface area (Å²) < 4.78 is 10.6. The zero-order valence-corrected chi connectivity index (χ0v) is 10.4. The Labute approximate surface area is 106 Å². The fourth-order valence-corrected chi connectivity index (χ4v) is 2.01. The molecule has 6 heteroatoms. The minimum absolute atomic E-state index is 0.303. The van der Waals surface area contributed by atoms with Gasteiger partial charge in [0.25, 0.3) is 0 Å². The highest BCUT2D eigenvalue weighted by Gasteiger charge is 2.13. The van der Waals surface area contributed by atoms with Crippen LogP contribution in [-0.4, -0.2) is 33.4 Å². The van der Waals surface area contributed by atoms with Crippen molar-refractivity contribution in [2.24, 2.45) is 5.11 Å². The predicted octanol–water partition coefficient (Wildman–Crippen LogP) is 2.34. The van der Waals surface area contributed by atoms with Gasteiger partial charge in [0.15, 0.2) is 0 Å². The molecule has 0 N–H and O–H groups in total. The first-order valence-corrected chi connectivity index (χ1v) is 5.85. The molecule has 1 aliphatic heterocycles. The van der Waals surface area contributed by atoms with Crippen molar-refractivity contribution in [2.45, 2.75) is 6.54 Å². The second-order valence-corrected chi connectivity index (χ2v) is 3.98. The van der Waals surface area contributed by atoms with Gasteiger partial charge in [0.05, 0.1) is 26.9 Å². The second kappa shape index (κ2) is 6.14. The van der Waals surface area contributed by atoms with Crippen LogP contribution in [0.4, 0.5) is 5.69 Å². The number of hydrogen-bond donors (Lipinski definition) is 0. The van der Waals surface area contributed by atoms with Crippen LogP contribution in [0.2, 0.25) is 0 Å². The van der Waals surface area contributed by atoms with E-state index in [2.05, 4.69) is 14.9 Å². The Morgan fingerprint density at radius 3 is 2.89 bits per heavy atom. The van der Waals surface area contributed by atoms with Crippen LogP contribution in [0.5, 0.6) is 5.75 Å². The largest absolute Gasteiger partial charge is 0.496 e. The zero-order valence-electron chi connectivity index (χ0n) is 10.4. The number of azide groups is 1. The highest BCUT2D eigenvalue weighted by molar-refractivity contribution is 5.53. The lowest BCUT2D eigenvalue weighted by atomic mass is 10.1. The van der Waals surface area contributed by atoms with Crippen LogP contribution in [0.1, 0.15) is 5.56 Å². The molecule has 0 radical (unpaired) electrons. The molecule has 96 valence electrons. The van der Waals surface area contributed by atoms with Gasteiger partial charge in [-0.15, -0.1) is 0 Å². The van der Waals surface area contributed by atoms with Crippen molar-refractivity contribution in [1.82, 2.24) is 0 Å². The molecule has 0 aliphatic carbocycles. The van der Waals surface area contributed by atoms with Gasteiger partial charge in [-0.05, 0) is 23.7 Å². The van der Waals surface area contributed by atoms with E-state index >= 15 is 0 Å². The summed E-state index contributed by atoms with van der Waals surface area (Å²) in [6.45, 7) is 3.56. The van der Waals surface area contributed by atoms with Gasteiger partial charge in [0, 0.05) is 29.3 Å². The summed E-state index contributed by atoms with van der Waals surface area (Å²) in [5, 5.41) is 3.59. The standard InChI is InChI=1S/C12H16N4O2/c1-17-12-3-2-11(8-10(12)9-14-15-13)16-4-6-18-7-5-16/h2-3,8H,4-7,9H2,1H3. The molecule has 6 nitrogen and oxygen atoms in total. The highest BCUT2D eigenvalue weighted by atomic mass is 16.5. The number of nitrogens with zero attached hydrogens (tertiary/aromatic N) is 4. The summed E-state index contributed by atoms with van der Waals surface area (Å²) >= 11 is 0. The van der Waals surface area contributed by atoms with Gasteiger partial charge < -0.3 is 14.4 Å². The molecule has 1 saturated heterocycles. The third-order valence-corrected chi connectivity index (χ3v) is 2.94. The number of hydrogen-bond acceptors (Lipinski definition) is 4. The molecule has 0 atom stereocenters. The molecule has 0 bridgehead atoms. The van der Waals surface area contributed by atoms with E-state index in [0.717, 1.165) is 43.3 Å². The predicted molar refractivity (Wildman–Crippen MR) is 68.9 cm³/mol. The van der Waals surface area contributed by atoms with Crippen LogP contribution in [-0.2, 0) is 11.3 Å². The van der Waals surface area contributed by atoms with Gasteiger partial charge in [0.1, 0.15) is 5.75 Å². The summed E-state index contributed by atoms with van der Waals surface area (Å²) in [5.41, 5.74) is 10.4. The molecule has 1 aliphatic rings. The number of rotatable bonds is 4. The number of methoxy groups -OCH3 is 1. The van der Waals surface area contributed by atoms with Crippen LogP contribution in [0.3, 0.4) is 0 Å². The molecule has 2 rings (SSSR count). The SMILES string of the molecule is COc1ccc(N2CCOCC2)cc1CN=[N+]=[N-]. The van der Waals surface area contributed by atoms with Crippen molar-refractivity contribution in [1.29, 1.82) is 0 Å². The van der Waals surface area contributed by atoms with Crippen LogP contribution in [0.25, 0.3) is 10.4 Å². The van der Waals surface area contributed by atoms with Gasteiger partial charge in [-0.3, -0.25) is 0 Å². The van der Waals surface area contributed by atoms with E-state index in [-0.39, 0.29) is 0 Å². The fraction of sp³-hybridized carbons (Fsp3) is 0.500. The Balaban J connectivity index is 2.23. The fourth-order valence-electron chi connectivity index (χ4n) is 2.01. The van der Waals surface area contributed by atoms with Gasteiger partial charge in [-0.25, -0.2) is 0 Å². The minimum Gasteiger partial charge on any atom is -0.496 e. The highest BCUT2D eigenvalue weighted by Crippen LogP contribution is 2.26. The lowest BCUT2D eigenvalue weighted by Gasteiger charge is -2.29. The summed E-state index contributed by atoms with van der Waals surface area (Å²) in [7, 11) is 1.61. The third kappa shape index (κ3) is 2.85. The van der Waals surface area contributed by atoms with Gasteiger partial charge in [0.2, 0.25) is 0 Å². The van der Waals surface area contributed by atoms with Crippen molar-refractivity contribution in [3.63, 3.8) is 0 Å². The lowest BCUT2D eigenvalue weighted by molar-refractivity contribution is 0.122. The van der Waals surface area contributed by atoms with E-state index in [0.29, 0.717) is 6.54 Å². The maximum atomic E-state index is 8.40. The topological polar surface area (TPSA) is 70.5 Å². The Morgan fingerprint density at radius 1 is 1.44 bits per heavy atom. The van der Waals surface area contributed by atoms with E-state index in [4.69, 9.17) is 15.0 Å². The number of morpholine rings is 1. The molecule has 1 aromatic carbocycles. The van der Waals surface area contributed by atoms with Gasteiger partial charge in [-0.1, -0.05) is 5.11 Å². The summed E-state index contributed by atoms with van der Waals surface area (Å²) in [6, 6.07) is 5.94. The molecule has 1 heterocycles. The van der Waals surface area contributed by atoms with E-state index < -0.39 is 0 Å². The van der Waals surface area contributed by atoms with Crippen molar-refractivity contribution >= 4 is 5.69 Å².